The van der Waals surface area contributed by atoms with Gasteiger partial charge >= 0.3 is 13.7 Å². The summed E-state index contributed by atoms with van der Waals surface area (Å²) >= 11 is 0. The average Bonchev–Trinajstić information content (AvgIpc) is 3.12. The van der Waals surface area contributed by atoms with Gasteiger partial charge in [-0.15, -0.1) is 0 Å². The molecular formula is C44H50B2N2. The minimum absolute atomic E-state index is 0.164. The Morgan fingerprint density at radius 3 is 1.40 bits per heavy atom. The average molecular weight is 629 g/mol. The largest absolute Gasteiger partial charge is 0.370 e. The number of fused-ring (bicyclic) bond motifs is 6. The lowest BCUT2D eigenvalue weighted by molar-refractivity contribution is 0.686. The molecule has 0 fully saturated rings. The standard InChI is InChI=1S/C44H50B2N2/c1-5-9-13-15-21-39-23-17-25-41-31-37(19-11-7-3)43-33-35(27-29-45(43)47(39)41)36-28-30-46-44(34-36)38(20-12-8-4)32-42-26-18-24-40(48(42)46)22-16-14-10-6-2/h17-18,23-34H,5-14,19-20H2,1-4H3. The van der Waals surface area contributed by atoms with Crippen LogP contribution in [0.5, 0.6) is 0 Å². The minimum Gasteiger partial charge on any atom is -0.370 e. The monoisotopic (exact) mass is 628 g/mol. The van der Waals surface area contributed by atoms with Gasteiger partial charge in [-0.25, -0.2) is 0 Å². The first-order valence-electron chi connectivity index (χ1n) is 18.7. The molecule has 0 aliphatic carbocycles. The molecule has 0 amide bonds. The van der Waals surface area contributed by atoms with Crippen molar-refractivity contribution < 1.29 is 0 Å². The molecule has 0 unspecified atom stereocenters. The van der Waals surface area contributed by atoms with E-state index >= 15 is 0 Å². The van der Waals surface area contributed by atoms with E-state index in [9.17, 15) is 0 Å². The van der Waals surface area contributed by atoms with E-state index in [2.05, 4.69) is 146 Å². The Kier molecular flexibility index (Phi) is 11.4. The van der Waals surface area contributed by atoms with Gasteiger partial charge in [-0.2, -0.15) is 0 Å². The molecule has 0 aromatic rings. The number of nitrogens with zero attached hydrogens (tertiary/aromatic N) is 2. The van der Waals surface area contributed by atoms with Gasteiger partial charge in [0.25, 0.3) is 0 Å². The molecule has 6 aliphatic heterocycles. The van der Waals surface area contributed by atoms with Gasteiger partial charge in [-0.3, -0.25) is 0 Å². The third-order valence-electron chi connectivity index (χ3n) is 9.91. The molecule has 0 spiro atoms. The first kappa shape index (κ1) is 33.6. The van der Waals surface area contributed by atoms with E-state index in [1.54, 1.807) is 0 Å². The van der Waals surface area contributed by atoms with Gasteiger partial charge in [0.15, 0.2) is 0 Å². The Balaban J connectivity index is 1.36. The van der Waals surface area contributed by atoms with E-state index < -0.39 is 0 Å². The topological polar surface area (TPSA) is 6.48 Å². The van der Waals surface area contributed by atoms with Crippen molar-refractivity contribution in [3.8, 4) is 23.7 Å². The van der Waals surface area contributed by atoms with Gasteiger partial charge in [0.05, 0.1) is 11.4 Å². The van der Waals surface area contributed by atoms with Crippen molar-refractivity contribution in [2.24, 2.45) is 0 Å². The third kappa shape index (κ3) is 7.25. The highest BCUT2D eigenvalue weighted by molar-refractivity contribution is 6.72. The Labute approximate surface area is 291 Å². The molecule has 0 bridgehead atoms. The van der Waals surface area contributed by atoms with Gasteiger partial charge in [0, 0.05) is 24.2 Å². The fourth-order valence-electron chi connectivity index (χ4n) is 7.24. The van der Waals surface area contributed by atoms with Crippen LogP contribution in [0.3, 0.4) is 0 Å². The Hall–Kier alpha value is -4.27. The number of hydrogen-bond donors (Lipinski definition) is 0. The number of hydrogen-bond acceptors (Lipinski definition) is 2. The molecule has 0 N–H and O–H groups in total. The predicted octanol–water partition coefficient (Wildman–Crippen LogP) is 10.8. The van der Waals surface area contributed by atoms with Crippen molar-refractivity contribution >= 4 is 13.7 Å². The molecule has 4 heteroatoms. The molecule has 242 valence electrons. The summed E-state index contributed by atoms with van der Waals surface area (Å²) in [5.74, 6) is 18.8. The van der Waals surface area contributed by atoms with Crippen molar-refractivity contribution in [2.45, 2.75) is 105 Å². The zero-order valence-electron chi connectivity index (χ0n) is 29.6. The summed E-state index contributed by atoms with van der Waals surface area (Å²) in [7, 11) is 0. The molecule has 48 heavy (non-hydrogen) atoms. The zero-order valence-corrected chi connectivity index (χ0v) is 29.6. The molecule has 0 aromatic heterocycles. The van der Waals surface area contributed by atoms with Crippen LogP contribution in [0, 0.1) is 23.7 Å². The Morgan fingerprint density at radius 2 is 0.979 bits per heavy atom. The van der Waals surface area contributed by atoms with E-state index in [4.69, 9.17) is 0 Å². The van der Waals surface area contributed by atoms with E-state index in [1.165, 1.54) is 83.2 Å². The van der Waals surface area contributed by atoms with Crippen LogP contribution in [-0.2, 0) is 0 Å². The van der Waals surface area contributed by atoms with E-state index in [0.29, 0.717) is 0 Å². The zero-order chi connectivity index (χ0) is 33.3. The summed E-state index contributed by atoms with van der Waals surface area (Å²) < 4.78 is 0. The van der Waals surface area contributed by atoms with E-state index in [1.807, 2.05) is 0 Å². The highest BCUT2D eigenvalue weighted by Crippen LogP contribution is 2.40. The van der Waals surface area contributed by atoms with Crippen LogP contribution in [0.4, 0.5) is 0 Å². The van der Waals surface area contributed by atoms with Crippen molar-refractivity contribution in [3.05, 3.63) is 141 Å². The highest BCUT2D eigenvalue weighted by atomic mass is 15.1. The quantitative estimate of drug-likeness (QED) is 0.128. The normalized spacial score (nSPS) is 18.8. The molecule has 0 aromatic carbocycles. The maximum absolute atomic E-state index is 3.53. The minimum atomic E-state index is 0.164. The van der Waals surface area contributed by atoms with Crippen molar-refractivity contribution in [2.75, 3.05) is 0 Å². The third-order valence-corrected chi connectivity index (χ3v) is 9.91. The lowest BCUT2D eigenvalue weighted by atomic mass is 9.46. The van der Waals surface area contributed by atoms with E-state index in [-0.39, 0.29) is 13.7 Å². The van der Waals surface area contributed by atoms with Crippen LogP contribution in [0.1, 0.15) is 105 Å². The van der Waals surface area contributed by atoms with Crippen molar-refractivity contribution in [1.82, 2.24) is 9.62 Å². The first-order chi connectivity index (χ1) is 23.7. The fraction of sp³-hybridized carbons (Fsp3) is 0.364. The first-order valence-corrected chi connectivity index (χ1v) is 18.7. The summed E-state index contributed by atoms with van der Waals surface area (Å²) in [6.07, 6.45) is 41.2. The summed E-state index contributed by atoms with van der Waals surface area (Å²) in [6.45, 7) is 9.36. The van der Waals surface area contributed by atoms with Crippen molar-refractivity contribution in [1.29, 1.82) is 0 Å². The van der Waals surface area contributed by atoms with Crippen LogP contribution < -0.4 is 0 Å². The number of unbranched alkanes of at least 4 members (excludes halogenated alkanes) is 6. The van der Waals surface area contributed by atoms with Crippen LogP contribution in [0.2, 0.25) is 0 Å². The number of allylic oxidation sites excluding steroid dienone is 20. The molecule has 6 aliphatic rings. The Bertz CT molecular complexity index is 1660. The maximum atomic E-state index is 3.53. The summed E-state index contributed by atoms with van der Waals surface area (Å²) in [6, 6.07) is 0. The van der Waals surface area contributed by atoms with Gasteiger partial charge in [-0.05, 0) is 120 Å². The smallest absolute Gasteiger partial charge is 0.321 e. The molecule has 0 saturated carbocycles. The van der Waals surface area contributed by atoms with Gasteiger partial charge in [-0.1, -0.05) is 114 Å². The summed E-state index contributed by atoms with van der Waals surface area (Å²) in [5, 5.41) is 0. The molecular weight excluding hydrogens is 578 g/mol. The summed E-state index contributed by atoms with van der Waals surface area (Å²) in [4.78, 5) is 4.90. The lowest BCUT2D eigenvalue weighted by Crippen LogP contribution is -2.43. The maximum Gasteiger partial charge on any atom is 0.321 e. The second-order valence-corrected chi connectivity index (χ2v) is 13.5. The highest BCUT2D eigenvalue weighted by Gasteiger charge is 2.38. The molecule has 2 nitrogen and oxygen atoms in total. The van der Waals surface area contributed by atoms with Gasteiger partial charge in [0.2, 0.25) is 0 Å². The van der Waals surface area contributed by atoms with Gasteiger partial charge < -0.3 is 9.62 Å². The lowest BCUT2D eigenvalue weighted by Gasteiger charge is -2.40. The summed E-state index contributed by atoms with van der Waals surface area (Å²) in [5.41, 5.74) is 13.0. The van der Waals surface area contributed by atoms with Crippen LogP contribution in [0.25, 0.3) is 0 Å². The molecule has 0 atom stereocenters. The molecule has 6 heterocycles. The molecule has 0 radical (unpaired) electrons. The second-order valence-electron chi connectivity index (χ2n) is 13.5. The van der Waals surface area contributed by atoms with Crippen LogP contribution >= 0.6 is 0 Å². The van der Waals surface area contributed by atoms with Crippen molar-refractivity contribution in [3.63, 3.8) is 0 Å². The SMILES string of the molecule is CCCCC#CC1=CC=CC2=CC(CCCC)=C3C=C(C4=CC5=C(CCCC)C=C6C=CC=C(C#CCCCC)N6B5C=C4)C=CB3N12. The number of rotatable bonds is 11. The van der Waals surface area contributed by atoms with Crippen LogP contribution in [-0.4, -0.2) is 23.3 Å². The fourth-order valence-corrected chi connectivity index (χ4v) is 7.24. The van der Waals surface area contributed by atoms with E-state index in [0.717, 1.165) is 49.9 Å². The second kappa shape index (κ2) is 16.2. The predicted molar refractivity (Wildman–Crippen MR) is 208 cm³/mol. The van der Waals surface area contributed by atoms with Gasteiger partial charge in [0.1, 0.15) is 0 Å². The van der Waals surface area contributed by atoms with Crippen LogP contribution in [0.15, 0.2) is 141 Å². The molecule has 6 rings (SSSR count). The Morgan fingerprint density at radius 1 is 0.542 bits per heavy atom. The molecule has 0 saturated heterocycles.